The van der Waals surface area contributed by atoms with Crippen LogP contribution in [-0.2, 0) is 0 Å². The van der Waals surface area contributed by atoms with Crippen molar-refractivity contribution in [3.63, 3.8) is 0 Å². The van der Waals surface area contributed by atoms with Gasteiger partial charge >= 0.3 is 29.6 Å². The van der Waals surface area contributed by atoms with Gasteiger partial charge < -0.3 is 1.43 Å². The quantitative estimate of drug-likeness (QED) is 0.291. The molecule has 0 bridgehead atoms. The molecule has 0 aromatic rings. The average molecular weight is 76.0 g/mol. The van der Waals surface area contributed by atoms with Gasteiger partial charge in [0.05, 0.1) is 0 Å². The fourth-order valence-corrected chi connectivity index (χ4v) is 0. The topological polar surface area (TPSA) is 47.6 Å². The molecule has 0 unspecified atom stereocenters. The molecule has 0 aromatic heterocycles. The molecule has 0 fully saturated rings. The summed E-state index contributed by atoms with van der Waals surface area (Å²) >= 11 is 0. The molecule has 0 saturated heterocycles. The second kappa shape index (κ2) is 9.02. The molecule has 0 atom stereocenters. The van der Waals surface area contributed by atoms with Gasteiger partial charge in [0.2, 0.25) is 0 Å². The van der Waals surface area contributed by atoms with Crippen molar-refractivity contribution in [1.29, 1.82) is 10.5 Å². The molecule has 3 heteroatoms. The third-order valence-corrected chi connectivity index (χ3v) is 0.0500. The summed E-state index contributed by atoms with van der Waals surface area (Å²) in [5, 5.41) is 14.5. The van der Waals surface area contributed by atoms with Gasteiger partial charge in [0.15, 0.2) is 12.1 Å². The standard InChI is InChI=1S/C2N2.Na.H/c3-1-2-4;;/q;+1;-1. The van der Waals surface area contributed by atoms with Gasteiger partial charge in [0.25, 0.3) is 0 Å². The van der Waals surface area contributed by atoms with E-state index in [1.165, 1.54) is 12.1 Å². The predicted octanol–water partition coefficient (Wildman–Crippen LogP) is -2.85. The zero-order valence-electron chi connectivity index (χ0n) is 3.89. The Kier molecular flexibility index (Phi) is 16.0. The van der Waals surface area contributed by atoms with E-state index in [9.17, 15) is 0 Å². The summed E-state index contributed by atoms with van der Waals surface area (Å²) in [6.07, 6.45) is 0. The van der Waals surface area contributed by atoms with E-state index in [1.54, 1.807) is 0 Å². The van der Waals surface area contributed by atoms with E-state index in [4.69, 9.17) is 10.5 Å². The minimum absolute atomic E-state index is 0. The summed E-state index contributed by atoms with van der Waals surface area (Å²) < 4.78 is 0. The fraction of sp³-hybridized carbons (Fsp3) is 0. The number of hydrogen-bond donors (Lipinski definition) is 0. The van der Waals surface area contributed by atoms with E-state index in [1.807, 2.05) is 0 Å². The molecule has 0 radical (unpaired) electrons. The van der Waals surface area contributed by atoms with Crippen LogP contribution in [0.3, 0.4) is 0 Å². The summed E-state index contributed by atoms with van der Waals surface area (Å²) in [6, 6.07) is 2.47. The maximum atomic E-state index is 7.26. The molecule has 2 nitrogen and oxygen atoms in total. The SMILES string of the molecule is N#CC#N.[H-].[Na+]. The zero-order chi connectivity index (χ0) is 3.41. The van der Waals surface area contributed by atoms with Crippen molar-refractivity contribution in [1.82, 2.24) is 0 Å². The van der Waals surface area contributed by atoms with Crippen molar-refractivity contribution >= 4 is 0 Å². The van der Waals surface area contributed by atoms with Crippen LogP contribution in [0.25, 0.3) is 0 Å². The number of hydrogen-bond acceptors (Lipinski definition) is 2. The molecule has 20 valence electrons. The maximum Gasteiger partial charge on any atom is 1.00 e. The molecule has 0 heterocycles. The smallest absolute Gasteiger partial charge is 1.00 e. The van der Waals surface area contributed by atoms with Gasteiger partial charge in [0.1, 0.15) is 0 Å². The van der Waals surface area contributed by atoms with Crippen molar-refractivity contribution in [2.24, 2.45) is 0 Å². The van der Waals surface area contributed by atoms with Crippen LogP contribution >= 0.6 is 0 Å². The van der Waals surface area contributed by atoms with Crippen molar-refractivity contribution in [3.05, 3.63) is 0 Å². The molecule has 0 aliphatic rings. The van der Waals surface area contributed by atoms with Crippen molar-refractivity contribution in [3.8, 4) is 12.1 Å². The second-order valence-corrected chi connectivity index (χ2v) is 0.224. The van der Waals surface area contributed by atoms with Crippen LogP contribution in [0.5, 0.6) is 0 Å². The number of nitrogens with zero attached hydrogens (tertiary/aromatic N) is 2. The Bertz CT molecular complexity index is 66.5. The molecule has 0 amide bonds. The molecule has 0 aliphatic heterocycles. The van der Waals surface area contributed by atoms with Crippen LogP contribution in [0.4, 0.5) is 0 Å². The monoisotopic (exact) mass is 76.0 g/mol. The van der Waals surface area contributed by atoms with E-state index < -0.39 is 0 Å². The maximum absolute atomic E-state index is 7.26. The first-order valence-electron chi connectivity index (χ1n) is 0.697. The van der Waals surface area contributed by atoms with Gasteiger partial charge in [0, 0.05) is 0 Å². The number of nitriles is 2. The van der Waals surface area contributed by atoms with Crippen LogP contribution in [0.1, 0.15) is 1.43 Å². The Labute approximate surface area is 53.8 Å². The molecule has 0 aliphatic carbocycles. The Morgan fingerprint density at radius 2 is 1.40 bits per heavy atom. The summed E-state index contributed by atoms with van der Waals surface area (Å²) in [4.78, 5) is 0. The molecule has 0 aromatic carbocycles. The first-order chi connectivity index (χ1) is 1.91. The van der Waals surface area contributed by atoms with Gasteiger partial charge in [-0.1, -0.05) is 0 Å². The van der Waals surface area contributed by atoms with Crippen LogP contribution < -0.4 is 29.6 Å². The largest absolute Gasteiger partial charge is 1.00 e. The zero-order valence-corrected chi connectivity index (χ0v) is 4.89. The van der Waals surface area contributed by atoms with E-state index in [0.717, 1.165) is 0 Å². The van der Waals surface area contributed by atoms with Crippen LogP contribution in [0, 0.1) is 22.7 Å². The minimum Gasteiger partial charge on any atom is -1.00 e. The van der Waals surface area contributed by atoms with Crippen molar-refractivity contribution in [2.45, 2.75) is 0 Å². The Balaban J connectivity index is -0.0000000450. The van der Waals surface area contributed by atoms with Gasteiger partial charge in [-0.15, -0.1) is 0 Å². The Morgan fingerprint density at radius 1 is 1.20 bits per heavy atom. The predicted molar refractivity (Wildman–Crippen MR) is 12.3 cm³/mol. The van der Waals surface area contributed by atoms with Crippen molar-refractivity contribution < 1.29 is 31.0 Å². The summed E-state index contributed by atoms with van der Waals surface area (Å²) in [5.41, 5.74) is 0. The summed E-state index contributed by atoms with van der Waals surface area (Å²) in [5.74, 6) is 0. The van der Waals surface area contributed by atoms with Gasteiger partial charge in [-0.2, -0.15) is 10.5 Å². The molecule has 0 rings (SSSR count). The summed E-state index contributed by atoms with van der Waals surface area (Å²) in [6.45, 7) is 0. The van der Waals surface area contributed by atoms with E-state index in [2.05, 4.69) is 0 Å². The summed E-state index contributed by atoms with van der Waals surface area (Å²) in [7, 11) is 0. The first kappa shape index (κ1) is 8.88. The van der Waals surface area contributed by atoms with Gasteiger partial charge in [-0.05, 0) is 0 Å². The molecular weight excluding hydrogens is 75.0 g/mol. The Hall–Kier alpha value is -0.0200. The van der Waals surface area contributed by atoms with E-state index in [0.29, 0.717) is 0 Å². The first-order valence-corrected chi connectivity index (χ1v) is 0.697. The van der Waals surface area contributed by atoms with Crippen molar-refractivity contribution in [2.75, 3.05) is 0 Å². The normalized spacial score (nSPS) is 2.00. The van der Waals surface area contributed by atoms with Gasteiger partial charge in [-0.25, -0.2) is 0 Å². The number of rotatable bonds is 0. The van der Waals surface area contributed by atoms with E-state index >= 15 is 0 Å². The molecular formula is C2HN2Na. The average Bonchev–Trinajstić information content (AvgIpc) is 1.37. The van der Waals surface area contributed by atoms with Crippen LogP contribution in [0.15, 0.2) is 0 Å². The molecule has 0 spiro atoms. The van der Waals surface area contributed by atoms with Crippen LogP contribution in [-0.4, -0.2) is 0 Å². The Morgan fingerprint density at radius 3 is 1.40 bits per heavy atom. The molecule has 0 N–H and O–H groups in total. The van der Waals surface area contributed by atoms with Crippen LogP contribution in [0.2, 0.25) is 0 Å². The fourth-order valence-electron chi connectivity index (χ4n) is 0. The van der Waals surface area contributed by atoms with Gasteiger partial charge in [-0.3, -0.25) is 0 Å². The molecule has 0 saturated carbocycles. The second-order valence-electron chi connectivity index (χ2n) is 0.224. The minimum atomic E-state index is 0. The third-order valence-electron chi connectivity index (χ3n) is 0.0500. The molecule has 5 heavy (non-hydrogen) atoms. The third kappa shape index (κ3) is 16.2. The van der Waals surface area contributed by atoms with E-state index in [-0.39, 0.29) is 31.0 Å².